The molecule has 0 bridgehead atoms. The summed E-state index contributed by atoms with van der Waals surface area (Å²) in [6.45, 7) is 0.552. The van der Waals surface area contributed by atoms with Gasteiger partial charge in [-0.2, -0.15) is 5.26 Å². The summed E-state index contributed by atoms with van der Waals surface area (Å²) in [4.78, 5) is 18.1. The third-order valence-electron chi connectivity index (χ3n) is 5.38. The van der Waals surface area contributed by atoms with Crippen molar-refractivity contribution in [3.05, 3.63) is 90.5 Å². The number of para-hydroxylation sites is 1. The quantitative estimate of drug-likeness (QED) is 0.364. The Kier molecular flexibility index (Phi) is 6.43. The number of nitrogens with zero attached hydrogens (tertiary/aromatic N) is 3. The van der Waals surface area contributed by atoms with Gasteiger partial charge in [0.2, 0.25) is 5.88 Å². The molecule has 5 nitrogen and oxygen atoms in total. The second kappa shape index (κ2) is 9.76. The maximum atomic E-state index is 11.6. The third-order valence-corrected chi connectivity index (χ3v) is 5.38. The first-order valence-corrected chi connectivity index (χ1v) is 10.5. The largest absolute Gasteiger partial charge is 0.467 e. The molecule has 4 aromatic rings. The summed E-state index contributed by atoms with van der Waals surface area (Å²) in [5, 5.41) is 10.7. The zero-order valence-electron chi connectivity index (χ0n) is 17.8. The summed E-state index contributed by atoms with van der Waals surface area (Å²) in [5.74, 6) is 0.424. The van der Waals surface area contributed by atoms with E-state index in [-0.39, 0.29) is 0 Å². The number of fused-ring (bicyclic) bond motifs is 1. The van der Waals surface area contributed by atoms with Crippen LogP contribution in [0.5, 0.6) is 5.88 Å². The average Bonchev–Trinajstić information content (AvgIpc) is 2.86. The molecule has 1 atom stereocenters. The average molecular weight is 422 g/mol. The van der Waals surface area contributed by atoms with Gasteiger partial charge in [-0.25, -0.2) is 4.98 Å². The molecule has 3 aromatic carbocycles. The van der Waals surface area contributed by atoms with Gasteiger partial charge < -0.3 is 9.64 Å². The van der Waals surface area contributed by atoms with Crippen LogP contribution in [-0.2, 0) is 4.79 Å². The number of anilines is 1. The van der Waals surface area contributed by atoms with Gasteiger partial charge in [-0.1, -0.05) is 54.6 Å². The molecule has 0 saturated heterocycles. The Balaban J connectivity index is 1.44. The third kappa shape index (κ3) is 4.76. The number of nitriles is 1. The second-order valence-electron chi connectivity index (χ2n) is 7.55. The van der Waals surface area contributed by atoms with E-state index < -0.39 is 6.10 Å². The Bertz CT molecular complexity index is 1260. The topological polar surface area (TPSA) is 66.2 Å². The maximum absolute atomic E-state index is 11.6. The predicted molar refractivity (Wildman–Crippen MR) is 127 cm³/mol. The van der Waals surface area contributed by atoms with E-state index in [1.807, 2.05) is 90.8 Å². The molecule has 158 valence electrons. The van der Waals surface area contributed by atoms with Crippen LogP contribution in [0.1, 0.15) is 12.0 Å². The van der Waals surface area contributed by atoms with Crippen LogP contribution in [0.4, 0.5) is 5.69 Å². The van der Waals surface area contributed by atoms with Crippen LogP contribution in [0.15, 0.2) is 84.9 Å². The van der Waals surface area contributed by atoms with Crippen LogP contribution in [-0.4, -0.2) is 31.0 Å². The highest BCUT2D eigenvalue weighted by atomic mass is 16.5. The Morgan fingerprint density at radius 2 is 1.78 bits per heavy atom. The van der Waals surface area contributed by atoms with Gasteiger partial charge in [0, 0.05) is 31.5 Å². The first-order valence-electron chi connectivity index (χ1n) is 10.5. The van der Waals surface area contributed by atoms with Crippen molar-refractivity contribution < 1.29 is 9.53 Å². The summed E-state index contributed by atoms with van der Waals surface area (Å²) in [6, 6.07) is 29.6. The van der Waals surface area contributed by atoms with Crippen LogP contribution in [0.2, 0.25) is 0 Å². The van der Waals surface area contributed by atoms with Crippen molar-refractivity contribution in [1.29, 1.82) is 5.26 Å². The van der Waals surface area contributed by atoms with Crippen LogP contribution in [0.25, 0.3) is 22.0 Å². The standard InChI is InChI=1S/C27H23N3O2/c1-30(26-13-11-22(17-23(26)18-28)20-7-3-2-4-8-20)16-15-24(19-31)32-27-14-12-21-9-5-6-10-25(21)29-27/h2-14,17,19,24H,15-16H2,1H3. The van der Waals surface area contributed by atoms with E-state index in [0.29, 0.717) is 24.4 Å². The van der Waals surface area contributed by atoms with Gasteiger partial charge in [0.1, 0.15) is 6.07 Å². The van der Waals surface area contributed by atoms with Crippen molar-refractivity contribution in [3.8, 4) is 23.1 Å². The minimum atomic E-state index is -0.625. The lowest BCUT2D eigenvalue weighted by molar-refractivity contribution is -0.113. The summed E-state index contributed by atoms with van der Waals surface area (Å²) in [6.07, 6.45) is 0.647. The SMILES string of the molecule is CN(CCC(C=O)Oc1ccc2ccccc2n1)c1ccc(-c2ccccc2)cc1C#N. The zero-order chi connectivity index (χ0) is 22.3. The number of hydrogen-bond acceptors (Lipinski definition) is 5. The van der Waals surface area contributed by atoms with Gasteiger partial charge in [-0.15, -0.1) is 0 Å². The highest BCUT2D eigenvalue weighted by Gasteiger charge is 2.15. The lowest BCUT2D eigenvalue weighted by atomic mass is 10.0. The Labute approximate surface area is 187 Å². The van der Waals surface area contributed by atoms with Crippen molar-refractivity contribution in [3.63, 3.8) is 0 Å². The van der Waals surface area contributed by atoms with E-state index in [1.165, 1.54) is 0 Å². The molecule has 0 aliphatic carbocycles. The Morgan fingerprint density at radius 3 is 2.56 bits per heavy atom. The van der Waals surface area contributed by atoms with Gasteiger partial charge >= 0.3 is 0 Å². The van der Waals surface area contributed by atoms with Crippen molar-refractivity contribution in [2.75, 3.05) is 18.5 Å². The second-order valence-corrected chi connectivity index (χ2v) is 7.55. The van der Waals surface area contributed by atoms with Gasteiger partial charge in [0.05, 0.1) is 16.8 Å². The fourth-order valence-corrected chi connectivity index (χ4v) is 3.63. The molecule has 0 radical (unpaired) electrons. The number of carbonyl (C=O) groups is 1. The molecular weight excluding hydrogens is 398 g/mol. The van der Waals surface area contributed by atoms with E-state index >= 15 is 0 Å². The van der Waals surface area contributed by atoms with Crippen LogP contribution >= 0.6 is 0 Å². The molecule has 0 spiro atoms. The van der Waals surface area contributed by atoms with Crippen LogP contribution in [0, 0.1) is 11.3 Å². The van der Waals surface area contributed by atoms with E-state index in [4.69, 9.17) is 4.74 Å². The maximum Gasteiger partial charge on any atom is 0.214 e. The monoisotopic (exact) mass is 421 g/mol. The number of benzene rings is 3. The highest BCUT2D eigenvalue weighted by molar-refractivity contribution is 5.79. The molecule has 1 unspecified atom stereocenters. The normalized spacial score (nSPS) is 11.5. The molecule has 32 heavy (non-hydrogen) atoms. The molecule has 1 heterocycles. The van der Waals surface area contributed by atoms with E-state index in [1.54, 1.807) is 6.07 Å². The molecule has 0 saturated carbocycles. The van der Waals surface area contributed by atoms with E-state index in [2.05, 4.69) is 11.1 Å². The zero-order valence-corrected chi connectivity index (χ0v) is 17.8. The molecule has 4 rings (SSSR count). The van der Waals surface area contributed by atoms with Crippen molar-refractivity contribution in [1.82, 2.24) is 4.98 Å². The smallest absolute Gasteiger partial charge is 0.214 e. The molecule has 5 heteroatoms. The Hall–Kier alpha value is -4.17. The fourth-order valence-electron chi connectivity index (χ4n) is 3.63. The summed E-state index contributed by atoms with van der Waals surface area (Å²) in [7, 11) is 1.91. The minimum Gasteiger partial charge on any atom is -0.467 e. The number of ether oxygens (including phenoxy) is 1. The van der Waals surface area contributed by atoms with Crippen molar-refractivity contribution in [2.45, 2.75) is 12.5 Å². The first kappa shape index (κ1) is 21.1. The summed E-state index contributed by atoms with van der Waals surface area (Å²) >= 11 is 0. The summed E-state index contributed by atoms with van der Waals surface area (Å²) in [5.41, 5.74) is 4.30. The Morgan fingerprint density at radius 1 is 1.00 bits per heavy atom. The molecule has 0 aliphatic rings. The fraction of sp³-hybridized carbons (Fsp3) is 0.148. The van der Waals surface area contributed by atoms with Gasteiger partial charge in [-0.05, 0) is 35.4 Å². The van der Waals surface area contributed by atoms with Crippen molar-refractivity contribution in [2.24, 2.45) is 0 Å². The molecule has 0 aliphatic heterocycles. The van der Waals surface area contributed by atoms with Crippen LogP contribution in [0.3, 0.4) is 0 Å². The number of pyridine rings is 1. The minimum absolute atomic E-state index is 0.424. The number of carbonyl (C=O) groups excluding carboxylic acids is 1. The van der Waals surface area contributed by atoms with E-state index in [9.17, 15) is 10.1 Å². The van der Waals surface area contributed by atoms with Crippen LogP contribution < -0.4 is 9.64 Å². The molecule has 0 amide bonds. The molecule has 0 fully saturated rings. The highest BCUT2D eigenvalue weighted by Crippen LogP contribution is 2.27. The molecule has 1 aromatic heterocycles. The molecule has 0 N–H and O–H groups in total. The lowest BCUT2D eigenvalue weighted by Crippen LogP contribution is -2.27. The number of rotatable bonds is 8. The van der Waals surface area contributed by atoms with Gasteiger partial charge in [-0.3, -0.25) is 4.79 Å². The number of hydrogen-bond donors (Lipinski definition) is 0. The van der Waals surface area contributed by atoms with Gasteiger partial charge in [0.15, 0.2) is 12.4 Å². The summed E-state index contributed by atoms with van der Waals surface area (Å²) < 4.78 is 5.82. The van der Waals surface area contributed by atoms with E-state index in [0.717, 1.165) is 34.0 Å². The van der Waals surface area contributed by atoms with Crippen molar-refractivity contribution >= 4 is 22.9 Å². The first-order chi connectivity index (χ1) is 15.7. The number of aldehydes is 1. The predicted octanol–water partition coefficient (Wildman–Crippen LogP) is 5.25. The van der Waals surface area contributed by atoms with Gasteiger partial charge in [0.25, 0.3) is 0 Å². The lowest BCUT2D eigenvalue weighted by Gasteiger charge is -2.23. The molecular formula is C27H23N3O2. The number of aromatic nitrogens is 1.